The lowest BCUT2D eigenvalue weighted by Gasteiger charge is -2.42. The summed E-state index contributed by atoms with van der Waals surface area (Å²) in [5.74, 6) is -9.69. The van der Waals surface area contributed by atoms with Gasteiger partial charge in [-0.05, 0) is 26.2 Å². The average molecular weight is 289 g/mol. The summed E-state index contributed by atoms with van der Waals surface area (Å²) in [6, 6.07) is 0. The van der Waals surface area contributed by atoms with Gasteiger partial charge in [0.05, 0.1) is 0 Å². The molecule has 1 unspecified atom stereocenters. The maximum Gasteiger partial charge on any atom is 0.463 e. The van der Waals surface area contributed by atoms with E-state index in [0.29, 0.717) is 6.42 Å². The molecule has 0 spiro atoms. The lowest BCUT2D eigenvalue weighted by Crippen LogP contribution is -2.63. The van der Waals surface area contributed by atoms with E-state index in [0.717, 1.165) is 6.92 Å². The third-order valence-corrected chi connectivity index (χ3v) is 3.22. The van der Waals surface area contributed by atoms with Gasteiger partial charge in [0.1, 0.15) is 5.54 Å². The number of carboxylic acids is 1. The van der Waals surface area contributed by atoms with Gasteiger partial charge in [-0.25, -0.2) is 4.79 Å². The number of alkyl halides is 5. The number of piperidine rings is 1. The van der Waals surface area contributed by atoms with Gasteiger partial charge < -0.3 is 10.0 Å². The lowest BCUT2D eigenvalue weighted by atomic mass is 9.88. The highest BCUT2D eigenvalue weighted by Crippen LogP contribution is 2.40. The molecule has 1 heterocycles. The quantitative estimate of drug-likeness (QED) is 0.791. The molecule has 1 aliphatic heterocycles. The molecule has 1 amide bonds. The van der Waals surface area contributed by atoms with E-state index in [-0.39, 0.29) is 17.7 Å². The zero-order valence-electron chi connectivity index (χ0n) is 9.93. The van der Waals surface area contributed by atoms with Crippen LogP contribution in [0.5, 0.6) is 0 Å². The zero-order valence-corrected chi connectivity index (χ0v) is 9.93. The molecule has 0 aromatic carbocycles. The number of rotatable bonds is 2. The molecule has 110 valence electrons. The van der Waals surface area contributed by atoms with Gasteiger partial charge in [-0.1, -0.05) is 0 Å². The number of carbonyl (C=O) groups is 2. The minimum Gasteiger partial charge on any atom is -0.480 e. The predicted molar refractivity (Wildman–Crippen MR) is 52.6 cm³/mol. The molecular weight excluding hydrogens is 277 g/mol. The Labute approximate surface area is 105 Å². The molecule has 0 aromatic rings. The van der Waals surface area contributed by atoms with E-state index in [4.69, 9.17) is 5.11 Å². The Kier molecular flexibility index (Phi) is 3.79. The Bertz CT molecular complexity index is 395. The fraction of sp³-hybridized carbons (Fsp3) is 0.800. The van der Waals surface area contributed by atoms with Gasteiger partial charge in [0.15, 0.2) is 0 Å². The van der Waals surface area contributed by atoms with Gasteiger partial charge >= 0.3 is 24.0 Å². The lowest BCUT2D eigenvalue weighted by molar-refractivity contribution is -0.277. The predicted octanol–water partition coefficient (Wildman–Crippen LogP) is 2.04. The van der Waals surface area contributed by atoms with E-state index >= 15 is 0 Å². The summed E-state index contributed by atoms with van der Waals surface area (Å²) in [4.78, 5) is 22.5. The Morgan fingerprint density at radius 1 is 1.16 bits per heavy atom. The number of carboxylic acid groups (broad SMARTS) is 1. The molecule has 0 saturated carbocycles. The molecular formula is C10H12F5NO3. The van der Waals surface area contributed by atoms with Crippen LogP contribution in [0.1, 0.15) is 26.2 Å². The van der Waals surface area contributed by atoms with Crippen LogP contribution in [0.2, 0.25) is 0 Å². The standard InChI is InChI=1S/C10H12F5NO3/c1-8(7(18)19)4-2-3-5-16(8)6(17)9(11,12)10(13,14)15/h2-5H2,1H3,(H,18,19). The van der Waals surface area contributed by atoms with Crippen LogP contribution in [-0.4, -0.2) is 46.1 Å². The van der Waals surface area contributed by atoms with Crippen molar-refractivity contribution in [3.05, 3.63) is 0 Å². The molecule has 0 radical (unpaired) electrons. The largest absolute Gasteiger partial charge is 0.480 e. The van der Waals surface area contributed by atoms with Crippen LogP contribution in [0.4, 0.5) is 22.0 Å². The van der Waals surface area contributed by atoms with Crippen molar-refractivity contribution in [2.75, 3.05) is 6.54 Å². The van der Waals surface area contributed by atoms with Crippen molar-refractivity contribution < 1.29 is 36.6 Å². The van der Waals surface area contributed by atoms with Crippen LogP contribution >= 0.6 is 0 Å². The van der Waals surface area contributed by atoms with Crippen LogP contribution in [-0.2, 0) is 9.59 Å². The number of likely N-dealkylation sites (tertiary alicyclic amines) is 1. The Hall–Kier alpha value is -1.41. The maximum atomic E-state index is 13.0. The Morgan fingerprint density at radius 3 is 2.11 bits per heavy atom. The van der Waals surface area contributed by atoms with Crippen molar-refractivity contribution in [3.8, 4) is 0 Å². The number of halogens is 5. The monoisotopic (exact) mass is 289 g/mol. The zero-order chi connectivity index (χ0) is 15.1. The van der Waals surface area contributed by atoms with Gasteiger partial charge in [0.2, 0.25) is 0 Å². The number of carbonyl (C=O) groups excluding carboxylic acids is 1. The van der Waals surface area contributed by atoms with Crippen LogP contribution in [0, 0.1) is 0 Å². The molecule has 1 saturated heterocycles. The summed E-state index contributed by atoms with van der Waals surface area (Å²) < 4.78 is 62.5. The van der Waals surface area contributed by atoms with Gasteiger partial charge in [0, 0.05) is 6.54 Å². The maximum absolute atomic E-state index is 13.0. The van der Waals surface area contributed by atoms with Crippen LogP contribution in [0.25, 0.3) is 0 Å². The first kappa shape index (κ1) is 15.6. The molecule has 0 aromatic heterocycles. The summed E-state index contributed by atoms with van der Waals surface area (Å²) >= 11 is 0. The SMILES string of the molecule is CC1(C(=O)O)CCCCN1C(=O)C(F)(F)C(F)(F)F. The first-order valence-electron chi connectivity index (χ1n) is 5.44. The third-order valence-electron chi connectivity index (χ3n) is 3.22. The highest BCUT2D eigenvalue weighted by atomic mass is 19.4. The average Bonchev–Trinajstić information content (AvgIpc) is 2.27. The third kappa shape index (κ3) is 2.50. The second-order valence-electron chi connectivity index (χ2n) is 4.57. The molecule has 1 rings (SSSR count). The van der Waals surface area contributed by atoms with E-state index < -0.39 is 36.1 Å². The number of amides is 1. The van der Waals surface area contributed by atoms with Crippen molar-refractivity contribution in [1.29, 1.82) is 0 Å². The van der Waals surface area contributed by atoms with E-state index in [2.05, 4.69) is 0 Å². The minimum atomic E-state index is -6.04. The fourth-order valence-corrected chi connectivity index (χ4v) is 1.96. The van der Waals surface area contributed by atoms with E-state index in [9.17, 15) is 31.5 Å². The fourth-order valence-electron chi connectivity index (χ4n) is 1.96. The van der Waals surface area contributed by atoms with Crippen molar-refractivity contribution in [2.45, 2.75) is 43.8 Å². The van der Waals surface area contributed by atoms with Gasteiger partial charge in [-0.2, -0.15) is 22.0 Å². The summed E-state index contributed by atoms with van der Waals surface area (Å²) in [5, 5.41) is 8.97. The van der Waals surface area contributed by atoms with Crippen LogP contribution in [0.15, 0.2) is 0 Å². The summed E-state index contributed by atoms with van der Waals surface area (Å²) in [6.07, 6.45) is -5.68. The van der Waals surface area contributed by atoms with Gasteiger partial charge in [-0.3, -0.25) is 4.79 Å². The minimum absolute atomic E-state index is 0.117. The Morgan fingerprint density at radius 2 is 1.68 bits per heavy atom. The van der Waals surface area contributed by atoms with Crippen LogP contribution < -0.4 is 0 Å². The smallest absolute Gasteiger partial charge is 0.463 e. The van der Waals surface area contributed by atoms with Crippen molar-refractivity contribution in [1.82, 2.24) is 4.90 Å². The number of nitrogens with zero attached hydrogens (tertiary/aromatic N) is 1. The molecule has 1 atom stereocenters. The van der Waals surface area contributed by atoms with Gasteiger partial charge in [-0.15, -0.1) is 0 Å². The molecule has 1 N–H and O–H groups in total. The second-order valence-corrected chi connectivity index (χ2v) is 4.57. The molecule has 1 fully saturated rings. The van der Waals surface area contributed by atoms with Crippen molar-refractivity contribution in [2.24, 2.45) is 0 Å². The Balaban J connectivity index is 3.13. The highest BCUT2D eigenvalue weighted by molar-refractivity contribution is 5.91. The normalized spacial score (nSPS) is 25.3. The summed E-state index contributed by atoms with van der Waals surface area (Å²) in [6.45, 7) is 0.534. The number of hydrogen-bond acceptors (Lipinski definition) is 2. The van der Waals surface area contributed by atoms with Gasteiger partial charge in [0.25, 0.3) is 0 Å². The summed E-state index contributed by atoms with van der Waals surface area (Å²) in [7, 11) is 0. The molecule has 19 heavy (non-hydrogen) atoms. The summed E-state index contributed by atoms with van der Waals surface area (Å²) in [5.41, 5.74) is -2.04. The number of aliphatic carboxylic acids is 1. The van der Waals surface area contributed by atoms with E-state index in [1.807, 2.05) is 0 Å². The topological polar surface area (TPSA) is 57.6 Å². The molecule has 0 bridgehead atoms. The molecule has 9 heteroatoms. The highest BCUT2D eigenvalue weighted by Gasteiger charge is 2.66. The molecule has 0 aliphatic carbocycles. The van der Waals surface area contributed by atoms with E-state index in [1.165, 1.54) is 0 Å². The van der Waals surface area contributed by atoms with Crippen molar-refractivity contribution >= 4 is 11.9 Å². The number of hydrogen-bond donors (Lipinski definition) is 1. The first-order chi connectivity index (χ1) is 8.44. The van der Waals surface area contributed by atoms with Crippen molar-refractivity contribution in [3.63, 3.8) is 0 Å². The molecule has 1 aliphatic rings. The first-order valence-corrected chi connectivity index (χ1v) is 5.44. The second kappa shape index (κ2) is 4.61. The molecule has 4 nitrogen and oxygen atoms in total. The van der Waals surface area contributed by atoms with Crippen LogP contribution in [0.3, 0.4) is 0 Å². The van der Waals surface area contributed by atoms with E-state index in [1.54, 1.807) is 0 Å².